The molecule has 3 aromatic carbocycles. The lowest BCUT2D eigenvalue weighted by atomic mass is 9.82. The number of rotatable bonds is 6. The van der Waals surface area contributed by atoms with E-state index < -0.39 is 6.04 Å². The molecule has 3 saturated heterocycles. The second kappa shape index (κ2) is 13.0. The fourth-order valence-corrected chi connectivity index (χ4v) is 7.24. The van der Waals surface area contributed by atoms with Gasteiger partial charge in [0.1, 0.15) is 5.75 Å². The SMILES string of the molecule is COc1ccccc1C1C(C(=O)N2CCC(N3CCN(c4ccc(Cl)cc4)CC3)CC2)CCC(=O)N1c1ccc(C)cc1. The Bertz CT molecular complexity index is 1410. The van der Waals surface area contributed by atoms with Crippen molar-refractivity contribution in [2.75, 3.05) is 56.2 Å². The van der Waals surface area contributed by atoms with E-state index >= 15 is 0 Å². The van der Waals surface area contributed by atoms with Crippen LogP contribution in [0.3, 0.4) is 0 Å². The zero-order valence-electron chi connectivity index (χ0n) is 25.1. The normalized spacial score (nSPS) is 22.1. The molecule has 3 fully saturated rings. The summed E-state index contributed by atoms with van der Waals surface area (Å²) in [6, 6.07) is 24.0. The summed E-state index contributed by atoms with van der Waals surface area (Å²) < 4.78 is 5.76. The Morgan fingerprint density at radius 2 is 1.47 bits per heavy atom. The van der Waals surface area contributed by atoms with Crippen molar-refractivity contribution in [3.8, 4) is 5.75 Å². The van der Waals surface area contributed by atoms with E-state index in [1.807, 2.05) is 72.5 Å². The van der Waals surface area contributed by atoms with Crippen LogP contribution in [-0.4, -0.2) is 74.0 Å². The van der Waals surface area contributed by atoms with Gasteiger partial charge in [-0.3, -0.25) is 14.5 Å². The van der Waals surface area contributed by atoms with Crippen LogP contribution in [0.4, 0.5) is 11.4 Å². The van der Waals surface area contributed by atoms with Gasteiger partial charge in [-0.2, -0.15) is 0 Å². The van der Waals surface area contributed by atoms with E-state index in [1.54, 1.807) is 7.11 Å². The van der Waals surface area contributed by atoms with E-state index in [1.165, 1.54) is 5.69 Å². The van der Waals surface area contributed by atoms with Crippen molar-refractivity contribution in [3.63, 3.8) is 0 Å². The average molecular weight is 601 g/mol. The molecule has 0 aliphatic carbocycles. The molecule has 0 aromatic heterocycles. The Hall–Kier alpha value is -3.55. The quantitative estimate of drug-likeness (QED) is 0.350. The van der Waals surface area contributed by atoms with E-state index in [9.17, 15) is 9.59 Å². The predicted molar refractivity (Wildman–Crippen MR) is 172 cm³/mol. The topological polar surface area (TPSA) is 56.3 Å². The lowest BCUT2D eigenvalue weighted by molar-refractivity contribution is -0.140. The summed E-state index contributed by atoms with van der Waals surface area (Å²) in [5.41, 5.74) is 4.05. The van der Waals surface area contributed by atoms with Crippen LogP contribution in [0.5, 0.6) is 5.75 Å². The van der Waals surface area contributed by atoms with Gasteiger partial charge in [0, 0.05) is 73.7 Å². The maximum atomic E-state index is 14.3. The summed E-state index contributed by atoms with van der Waals surface area (Å²) in [6.07, 6.45) is 2.83. The van der Waals surface area contributed by atoms with Crippen molar-refractivity contribution in [1.82, 2.24) is 9.80 Å². The number of carbonyl (C=O) groups is 2. The number of nitrogens with zero attached hydrogens (tertiary/aromatic N) is 4. The Morgan fingerprint density at radius 1 is 0.814 bits per heavy atom. The van der Waals surface area contributed by atoms with Gasteiger partial charge in [0.25, 0.3) is 0 Å². The maximum Gasteiger partial charge on any atom is 0.228 e. The number of para-hydroxylation sites is 1. The minimum atomic E-state index is -0.425. The number of likely N-dealkylation sites (tertiary alicyclic amines) is 1. The first-order chi connectivity index (χ1) is 20.9. The Labute approximate surface area is 260 Å². The molecule has 8 heteroatoms. The minimum absolute atomic E-state index is 0.0419. The molecule has 226 valence electrons. The summed E-state index contributed by atoms with van der Waals surface area (Å²) >= 11 is 6.08. The van der Waals surface area contributed by atoms with Crippen molar-refractivity contribution in [2.24, 2.45) is 5.92 Å². The molecule has 3 heterocycles. The zero-order chi connectivity index (χ0) is 29.9. The number of hydrogen-bond donors (Lipinski definition) is 0. The predicted octanol–water partition coefficient (Wildman–Crippen LogP) is 5.95. The number of amides is 2. The smallest absolute Gasteiger partial charge is 0.228 e. The summed E-state index contributed by atoms with van der Waals surface area (Å²) in [5.74, 6) is 0.551. The molecule has 0 spiro atoms. The summed E-state index contributed by atoms with van der Waals surface area (Å²) in [5, 5.41) is 0.764. The van der Waals surface area contributed by atoms with Crippen molar-refractivity contribution in [1.29, 1.82) is 0 Å². The summed E-state index contributed by atoms with van der Waals surface area (Å²) in [7, 11) is 1.65. The fraction of sp³-hybridized carbons (Fsp3) is 0.429. The van der Waals surface area contributed by atoms with Crippen LogP contribution in [0.2, 0.25) is 5.02 Å². The monoisotopic (exact) mass is 600 g/mol. The third kappa shape index (κ3) is 6.24. The highest BCUT2D eigenvalue weighted by atomic mass is 35.5. The summed E-state index contributed by atoms with van der Waals surface area (Å²) in [4.78, 5) is 36.7. The molecule has 0 saturated carbocycles. The lowest BCUT2D eigenvalue weighted by Gasteiger charge is -2.46. The van der Waals surface area contributed by atoms with Gasteiger partial charge in [0.05, 0.1) is 19.1 Å². The second-order valence-corrected chi connectivity index (χ2v) is 12.4. The molecule has 43 heavy (non-hydrogen) atoms. The average Bonchev–Trinajstić information content (AvgIpc) is 3.05. The van der Waals surface area contributed by atoms with Crippen LogP contribution >= 0.6 is 11.6 Å². The molecule has 3 aliphatic rings. The van der Waals surface area contributed by atoms with Crippen LogP contribution in [0, 0.1) is 12.8 Å². The molecule has 2 amide bonds. The molecule has 0 N–H and O–H groups in total. The molecule has 3 aromatic rings. The molecule has 0 radical (unpaired) electrons. The number of aryl methyl sites for hydroxylation is 1. The molecular weight excluding hydrogens is 560 g/mol. The van der Waals surface area contributed by atoms with E-state index in [4.69, 9.17) is 16.3 Å². The van der Waals surface area contributed by atoms with E-state index in [2.05, 4.69) is 26.8 Å². The second-order valence-electron chi connectivity index (χ2n) is 12.0. The molecule has 6 rings (SSSR count). The number of hydrogen-bond acceptors (Lipinski definition) is 5. The largest absolute Gasteiger partial charge is 0.496 e. The van der Waals surface area contributed by atoms with E-state index in [0.717, 1.165) is 73.9 Å². The fourth-order valence-electron chi connectivity index (χ4n) is 7.11. The number of ether oxygens (including phenoxy) is 1. The highest BCUT2D eigenvalue weighted by Gasteiger charge is 2.44. The first kappa shape index (κ1) is 29.5. The van der Waals surface area contributed by atoms with Crippen LogP contribution in [-0.2, 0) is 9.59 Å². The maximum absolute atomic E-state index is 14.3. The number of benzene rings is 3. The van der Waals surface area contributed by atoms with Crippen molar-refractivity contribution >= 4 is 34.8 Å². The Morgan fingerprint density at radius 3 is 2.14 bits per heavy atom. The molecular formula is C35H41ClN4O3. The molecule has 2 atom stereocenters. The van der Waals surface area contributed by atoms with Gasteiger partial charge in [0.2, 0.25) is 11.8 Å². The molecule has 0 bridgehead atoms. The highest BCUT2D eigenvalue weighted by molar-refractivity contribution is 6.30. The van der Waals surface area contributed by atoms with Gasteiger partial charge in [0.15, 0.2) is 0 Å². The van der Waals surface area contributed by atoms with Crippen LogP contribution in [0.1, 0.15) is 42.9 Å². The van der Waals surface area contributed by atoms with Crippen LogP contribution < -0.4 is 14.5 Å². The van der Waals surface area contributed by atoms with Gasteiger partial charge >= 0.3 is 0 Å². The first-order valence-electron chi connectivity index (χ1n) is 15.5. The van der Waals surface area contributed by atoms with Gasteiger partial charge in [-0.05, 0) is 68.7 Å². The van der Waals surface area contributed by atoms with Crippen molar-refractivity contribution in [2.45, 2.75) is 44.7 Å². The van der Waals surface area contributed by atoms with Crippen LogP contribution in [0.15, 0.2) is 72.8 Å². The highest BCUT2D eigenvalue weighted by Crippen LogP contribution is 2.44. The van der Waals surface area contributed by atoms with Gasteiger partial charge in [-0.1, -0.05) is 47.5 Å². The van der Waals surface area contributed by atoms with Gasteiger partial charge in [-0.15, -0.1) is 0 Å². The lowest BCUT2D eigenvalue weighted by Crippen LogP contribution is -2.55. The number of carbonyl (C=O) groups excluding carboxylic acids is 2. The molecule has 2 unspecified atom stereocenters. The first-order valence-corrected chi connectivity index (χ1v) is 15.9. The zero-order valence-corrected chi connectivity index (χ0v) is 25.9. The van der Waals surface area contributed by atoms with E-state index in [0.29, 0.717) is 24.6 Å². The third-order valence-electron chi connectivity index (χ3n) is 9.48. The van der Waals surface area contributed by atoms with Crippen LogP contribution in [0.25, 0.3) is 0 Å². The summed E-state index contributed by atoms with van der Waals surface area (Å²) in [6.45, 7) is 7.55. The van der Waals surface area contributed by atoms with Gasteiger partial charge in [-0.25, -0.2) is 0 Å². The van der Waals surface area contributed by atoms with Gasteiger partial charge < -0.3 is 19.4 Å². The van der Waals surface area contributed by atoms with Crippen molar-refractivity contribution < 1.29 is 14.3 Å². The molecule has 7 nitrogen and oxygen atoms in total. The number of piperidine rings is 2. The number of methoxy groups -OCH3 is 1. The number of piperazine rings is 1. The Balaban J connectivity index is 1.15. The molecule has 3 aliphatic heterocycles. The van der Waals surface area contributed by atoms with Crippen molar-refractivity contribution in [3.05, 3.63) is 88.9 Å². The minimum Gasteiger partial charge on any atom is -0.496 e. The standard InChI is InChI=1S/C35H41ClN4O3/c1-25-7-11-29(12-8-25)40-33(41)16-15-31(34(40)30-5-3-4-6-32(30)43-2)35(42)39-19-17-28(18-20-39)38-23-21-37(22-24-38)27-13-9-26(36)10-14-27/h3-14,28,31,34H,15-24H2,1-2H3. The number of halogens is 1. The third-order valence-corrected chi connectivity index (χ3v) is 9.73. The number of anilines is 2. The van der Waals surface area contributed by atoms with E-state index in [-0.39, 0.29) is 17.7 Å². The Kier molecular flexibility index (Phi) is 8.91.